The summed E-state index contributed by atoms with van der Waals surface area (Å²) in [5.74, 6) is 0.0457. The topological polar surface area (TPSA) is 78.7 Å². The van der Waals surface area contributed by atoms with E-state index >= 15 is 0 Å². The van der Waals surface area contributed by atoms with E-state index in [-0.39, 0.29) is 11.8 Å². The van der Waals surface area contributed by atoms with E-state index in [1.54, 1.807) is 0 Å². The van der Waals surface area contributed by atoms with Crippen LogP contribution in [0, 0.1) is 0 Å². The lowest BCUT2D eigenvalue weighted by atomic mass is 10.2. The number of amides is 2. The normalized spacial score (nSPS) is 20.5. The molecule has 6 nitrogen and oxygen atoms in total. The van der Waals surface area contributed by atoms with Crippen molar-refractivity contribution in [2.24, 2.45) is 5.73 Å². The standard InChI is InChI=1S/C16H22N4O2/c17-16(6-7-16)15(22)20-10-8-19(9-11-20)12-14(21)18-13-4-2-1-3-5-13/h1-5H,6-12,17H2,(H,18,21). The second kappa shape index (κ2) is 6.06. The van der Waals surface area contributed by atoms with Crippen LogP contribution in [-0.2, 0) is 9.59 Å². The van der Waals surface area contributed by atoms with Crippen LogP contribution in [0.2, 0.25) is 0 Å². The number of carbonyl (C=O) groups excluding carboxylic acids is 2. The van der Waals surface area contributed by atoms with E-state index in [9.17, 15) is 9.59 Å². The van der Waals surface area contributed by atoms with Crippen LogP contribution < -0.4 is 11.1 Å². The zero-order valence-corrected chi connectivity index (χ0v) is 12.6. The van der Waals surface area contributed by atoms with Gasteiger partial charge in [0.25, 0.3) is 0 Å². The van der Waals surface area contributed by atoms with Crippen molar-refractivity contribution in [1.29, 1.82) is 0 Å². The number of hydrogen-bond acceptors (Lipinski definition) is 4. The van der Waals surface area contributed by atoms with Crippen LogP contribution in [0.15, 0.2) is 30.3 Å². The quantitative estimate of drug-likeness (QED) is 0.836. The Balaban J connectivity index is 1.44. The zero-order chi connectivity index (χ0) is 15.6. The average Bonchev–Trinajstić information content (AvgIpc) is 3.27. The maximum absolute atomic E-state index is 12.2. The van der Waals surface area contributed by atoms with Crippen molar-refractivity contribution in [3.8, 4) is 0 Å². The molecule has 0 spiro atoms. The molecule has 3 N–H and O–H groups in total. The first-order valence-corrected chi connectivity index (χ1v) is 7.72. The minimum atomic E-state index is -0.590. The molecule has 1 aliphatic heterocycles. The summed E-state index contributed by atoms with van der Waals surface area (Å²) < 4.78 is 0. The van der Waals surface area contributed by atoms with Crippen molar-refractivity contribution < 1.29 is 9.59 Å². The summed E-state index contributed by atoms with van der Waals surface area (Å²) >= 11 is 0. The number of para-hydroxylation sites is 1. The van der Waals surface area contributed by atoms with E-state index in [2.05, 4.69) is 10.2 Å². The summed E-state index contributed by atoms with van der Waals surface area (Å²) in [7, 11) is 0. The zero-order valence-electron chi connectivity index (χ0n) is 12.6. The molecule has 2 amide bonds. The molecule has 6 heteroatoms. The minimum absolute atomic E-state index is 0.0246. The first kappa shape index (κ1) is 15.0. The number of benzene rings is 1. The molecule has 0 atom stereocenters. The Labute approximate surface area is 130 Å². The molecule has 1 saturated carbocycles. The largest absolute Gasteiger partial charge is 0.339 e. The molecular formula is C16H22N4O2. The number of carbonyl (C=O) groups is 2. The molecule has 0 aromatic heterocycles. The van der Waals surface area contributed by atoms with E-state index in [0.29, 0.717) is 32.7 Å². The SMILES string of the molecule is NC1(C(=O)N2CCN(CC(=O)Nc3ccccc3)CC2)CC1. The first-order valence-electron chi connectivity index (χ1n) is 7.72. The van der Waals surface area contributed by atoms with Crippen molar-refractivity contribution in [3.05, 3.63) is 30.3 Å². The van der Waals surface area contributed by atoms with E-state index in [4.69, 9.17) is 5.73 Å². The summed E-state index contributed by atoms with van der Waals surface area (Å²) in [6.45, 7) is 3.07. The first-order chi connectivity index (χ1) is 10.6. The number of nitrogens with two attached hydrogens (primary N) is 1. The fourth-order valence-electron chi connectivity index (χ4n) is 2.70. The van der Waals surface area contributed by atoms with Gasteiger partial charge in [-0.1, -0.05) is 18.2 Å². The van der Waals surface area contributed by atoms with Gasteiger partial charge < -0.3 is 16.0 Å². The van der Waals surface area contributed by atoms with Crippen molar-refractivity contribution >= 4 is 17.5 Å². The van der Waals surface area contributed by atoms with Crippen LogP contribution in [0.1, 0.15) is 12.8 Å². The molecule has 1 heterocycles. The van der Waals surface area contributed by atoms with Crippen molar-refractivity contribution in [3.63, 3.8) is 0 Å². The maximum Gasteiger partial charge on any atom is 0.242 e. The summed E-state index contributed by atoms with van der Waals surface area (Å²) in [6.07, 6.45) is 1.59. The van der Waals surface area contributed by atoms with Gasteiger partial charge in [-0.25, -0.2) is 0 Å². The van der Waals surface area contributed by atoms with Gasteiger partial charge in [-0.15, -0.1) is 0 Å². The van der Waals surface area contributed by atoms with Crippen molar-refractivity contribution in [2.45, 2.75) is 18.4 Å². The summed E-state index contributed by atoms with van der Waals surface area (Å²) in [5, 5.41) is 2.88. The highest BCUT2D eigenvalue weighted by Gasteiger charge is 2.48. The fourth-order valence-corrected chi connectivity index (χ4v) is 2.70. The number of hydrogen-bond donors (Lipinski definition) is 2. The average molecular weight is 302 g/mol. The summed E-state index contributed by atoms with van der Waals surface area (Å²) in [5.41, 5.74) is 6.17. The third kappa shape index (κ3) is 3.45. The maximum atomic E-state index is 12.2. The number of rotatable bonds is 4. The molecule has 118 valence electrons. The van der Waals surface area contributed by atoms with Gasteiger partial charge in [0.15, 0.2) is 0 Å². The Morgan fingerprint density at radius 1 is 1.09 bits per heavy atom. The Bertz CT molecular complexity index is 549. The second-order valence-corrected chi connectivity index (χ2v) is 6.14. The predicted octanol–water partition coefficient (Wildman–Crippen LogP) is 0.261. The van der Waals surface area contributed by atoms with Crippen molar-refractivity contribution in [1.82, 2.24) is 9.80 Å². The summed E-state index contributed by atoms with van der Waals surface area (Å²) in [4.78, 5) is 28.1. The van der Waals surface area contributed by atoms with Gasteiger partial charge in [0.2, 0.25) is 11.8 Å². The smallest absolute Gasteiger partial charge is 0.242 e. The van der Waals surface area contributed by atoms with Gasteiger partial charge >= 0.3 is 0 Å². The Kier molecular flexibility index (Phi) is 4.13. The molecule has 1 aliphatic carbocycles. The molecular weight excluding hydrogens is 280 g/mol. The minimum Gasteiger partial charge on any atom is -0.339 e. The van der Waals surface area contributed by atoms with E-state index < -0.39 is 5.54 Å². The lowest BCUT2D eigenvalue weighted by molar-refractivity contribution is -0.135. The Morgan fingerprint density at radius 3 is 2.32 bits per heavy atom. The Hall–Kier alpha value is -1.92. The van der Waals surface area contributed by atoms with Crippen molar-refractivity contribution in [2.75, 3.05) is 38.0 Å². The predicted molar refractivity (Wildman–Crippen MR) is 84.2 cm³/mol. The molecule has 22 heavy (non-hydrogen) atoms. The molecule has 0 bridgehead atoms. The fraction of sp³-hybridized carbons (Fsp3) is 0.500. The Morgan fingerprint density at radius 2 is 1.73 bits per heavy atom. The van der Waals surface area contributed by atoms with Crippen LogP contribution >= 0.6 is 0 Å². The van der Waals surface area contributed by atoms with Crippen LogP contribution in [-0.4, -0.2) is 59.9 Å². The highest BCUT2D eigenvalue weighted by Crippen LogP contribution is 2.34. The van der Waals surface area contributed by atoms with Gasteiger partial charge in [-0.05, 0) is 25.0 Å². The molecule has 3 rings (SSSR count). The van der Waals surface area contributed by atoms with Crippen LogP contribution in [0.5, 0.6) is 0 Å². The van der Waals surface area contributed by atoms with Crippen LogP contribution in [0.3, 0.4) is 0 Å². The lowest BCUT2D eigenvalue weighted by Gasteiger charge is -2.35. The van der Waals surface area contributed by atoms with E-state index in [1.165, 1.54) is 0 Å². The molecule has 2 aliphatic rings. The molecule has 1 aromatic rings. The molecule has 2 fully saturated rings. The van der Waals surface area contributed by atoms with Gasteiger partial charge in [0.05, 0.1) is 12.1 Å². The van der Waals surface area contributed by atoms with E-state index in [0.717, 1.165) is 18.5 Å². The van der Waals surface area contributed by atoms with Crippen LogP contribution in [0.25, 0.3) is 0 Å². The highest BCUT2D eigenvalue weighted by atomic mass is 16.2. The summed E-state index contributed by atoms with van der Waals surface area (Å²) in [6, 6.07) is 9.42. The van der Waals surface area contributed by atoms with Gasteiger partial charge in [0, 0.05) is 31.9 Å². The van der Waals surface area contributed by atoms with E-state index in [1.807, 2.05) is 35.2 Å². The highest BCUT2D eigenvalue weighted by molar-refractivity contribution is 5.92. The number of piperazine rings is 1. The second-order valence-electron chi connectivity index (χ2n) is 6.14. The number of nitrogens with zero attached hydrogens (tertiary/aromatic N) is 2. The lowest BCUT2D eigenvalue weighted by Crippen LogP contribution is -2.55. The van der Waals surface area contributed by atoms with Gasteiger partial charge in [0.1, 0.15) is 0 Å². The van der Waals surface area contributed by atoms with Gasteiger partial charge in [-0.2, -0.15) is 0 Å². The molecule has 0 unspecified atom stereocenters. The number of nitrogens with one attached hydrogen (secondary N) is 1. The molecule has 1 aromatic carbocycles. The third-order valence-corrected chi connectivity index (χ3v) is 4.30. The molecule has 0 radical (unpaired) electrons. The third-order valence-electron chi connectivity index (χ3n) is 4.30. The molecule has 1 saturated heterocycles. The number of anilines is 1. The van der Waals surface area contributed by atoms with Gasteiger partial charge in [-0.3, -0.25) is 14.5 Å². The van der Waals surface area contributed by atoms with Crippen LogP contribution in [0.4, 0.5) is 5.69 Å². The monoisotopic (exact) mass is 302 g/mol.